The summed E-state index contributed by atoms with van der Waals surface area (Å²) < 4.78 is 81.5. The van der Waals surface area contributed by atoms with E-state index in [0.717, 1.165) is 81.4 Å². The van der Waals surface area contributed by atoms with Crippen molar-refractivity contribution in [2.45, 2.75) is 106 Å². The van der Waals surface area contributed by atoms with Gasteiger partial charge in [0.05, 0.1) is 20.1 Å². The zero-order chi connectivity index (χ0) is 56.0. The number of methoxy groups -OCH3 is 2. The average Bonchev–Trinajstić information content (AvgIpc) is 3.27. The fourth-order valence-corrected chi connectivity index (χ4v) is 8.61. The molecular weight excluding hydrogens is 1010 g/mol. The average molecular weight is 1060 g/mol. The molecular formula is C52H50O24. The van der Waals surface area contributed by atoms with Gasteiger partial charge in [0.2, 0.25) is 11.5 Å². The number of fused-ring (bicyclic) bond motifs is 2. The summed E-state index contributed by atoms with van der Waals surface area (Å²) in [7, 11) is 2.41. The van der Waals surface area contributed by atoms with Gasteiger partial charge in [0.1, 0.15) is 40.6 Å². The van der Waals surface area contributed by atoms with Crippen molar-refractivity contribution in [2.24, 2.45) is 0 Å². The number of esters is 10. The lowest BCUT2D eigenvalue weighted by atomic mass is 9.77. The van der Waals surface area contributed by atoms with Crippen LogP contribution >= 0.6 is 0 Å². The Kier molecular flexibility index (Phi) is 17.2. The lowest BCUT2D eigenvalue weighted by molar-refractivity contribution is -0.154. The van der Waals surface area contributed by atoms with Gasteiger partial charge in [0.15, 0.2) is 41.3 Å². The van der Waals surface area contributed by atoms with E-state index in [2.05, 4.69) is 0 Å². The molecule has 0 amide bonds. The molecule has 0 aromatic heterocycles. The summed E-state index contributed by atoms with van der Waals surface area (Å²) in [4.78, 5) is 129. The van der Waals surface area contributed by atoms with Crippen LogP contribution in [-0.4, -0.2) is 86.1 Å². The van der Waals surface area contributed by atoms with Gasteiger partial charge < -0.3 is 66.3 Å². The largest absolute Gasteiger partial charge is 0.490 e. The van der Waals surface area contributed by atoms with Gasteiger partial charge in [0, 0.05) is 122 Å². The summed E-state index contributed by atoms with van der Waals surface area (Å²) in [6, 6.07) is 8.51. The second kappa shape index (κ2) is 23.3. The van der Waals surface area contributed by atoms with Crippen LogP contribution in [0.2, 0.25) is 0 Å². The zero-order valence-corrected chi connectivity index (χ0v) is 42.9. The van der Waals surface area contributed by atoms with E-state index in [-0.39, 0.29) is 91.1 Å². The summed E-state index contributed by atoms with van der Waals surface area (Å²) in [6.07, 6.45) is -6.82. The Bertz CT molecular complexity index is 3000. The number of ether oxygens (including phenoxy) is 14. The van der Waals surface area contributed by atoms with Crippen molar-refractivity contribution in [3.05, 3.63) is 70.3 Å². The van der Waals surface area contributed by atoms with Gasteiger partial charge in [-0.05, 0) is 24.3 Å². The van der Waals surface area contributed by atoms with Crippen molar-refractivity contribution < 1.29 is 114 Å². The second-order valence-electron chi connectivity index (χ2n) is 16.8. The second-order valence-corrected chi connectivity index (χ2v) is 16.8. The van der Waals surface area contributed by atoms with Gasteiger partial charge in [-0.15, -0.1) is 0 Å². The fraction of sp³-hybridized carbons (Fsp3) is 0.346. The molecule has 5 unspecified atom stereocenters. The highest BCUT2D eigenvalue weighted by atomic mass is 16.6. The first-order chi connectivity index (χ1) is 35.8. The first-order valence-electron chi connectivity index (χ1n) is 22.7. The molecule has 0 radical (unpaired) electrons. The van der Waals surface area contributed by atoms with Crippen LogP contribution in [0.5, 0.6) is 69.0 Å². The van der Waals surface area contributed by atoms with Crippen molar-refractivity contribution in [1.82, 2.24) is 0 Å². The number of hydrogen-bond donors (Lipinski definition) is 0. The Hall–Kier alpha value is -9.22. The fourth-order valence-electron chi connectivity index (χ4n) is 8.61. The highest BCUT2D eigenvalue weighted by molar-refractivity contribution is 5.80. The Morgan fingerprint density at radius 1 is 0.408 bits per heavy atom. The molecule has 0 fully saturated rings. The maximum absolute atomic E-state index is 13.6. The van der Waals surface area contributed by atoms with E-state index in [0.29, 0.717) is 0 Å². The van der Waals surface area contributed by atoms with E-state index in [4.69, 9.17) is 66.3 Å². The van der Waals surface area contributed by atoms with Gasteiger partial charge in [-0.2, -0.15) is 0 Å². The highest BCUT2D eigenvalue weighted by Gasteiger charge is 2.50. The van der Waals surface area contributed by atoms with Crippen LogP contribution in [0.1, 0.15) is 115 Å². The molecule has 0 N–H and O–H groups in total. The molecule has 76 heavy (non-hydrogen) atoms. The minimum atomic E-state index is -1.79. The van der Waals surface area contributed by atoms with Gasteiger partial charge in [-0.1, -0.05) is 0 Å². The minimum Gasteiger partial charge on any atom is -0.490 e. The normalized spacial score (nSPS) is 17.0. The van der Waals surface area contributed by atoms with E-state index in [9.17, 15) is 47.9 Å². The van der Waals surface area contributed by atoms with Crippen LogP contribution < -0.4 is 56.8 Å². The molecule has 6 rings (SSSR count). The third-order valence-electron chi connectivity index (χ3n) is 10.7. The topological polar surface area (TPSA) is 300 Å². The highest BCUT2D eigenvalue weighted by Crippen LogP contribution is 2.60. The van der Waals surface area contributed by atoms with Gasteiger partial charge >= 0.3 is 59.7 Å². The number of carbonyl (C=O) groups is 10. The van der Waals surface area contributed by atoms with Gasteiger partial charge in [-0.25, -0.2) is 0 Å². The molecule has 0 spiro atoms. The smallest absolute Gasteiger partial charge is 0.308 e. The van der Waals surface area contributed by atoms with E-state index >= 15 is 0 Å². The molecule has 2 aliphatic rings. The monoisotopic (exact) mass is 1060 g/mol. The molecule has 24 nitrogen and oxygen atoms in total. The predicted molar refractivity (Wildman–Crippen MR) is 253 cm³/mol. The van der Waals surface area contributed by atoms with E-state index in [1.807, 2.05) is 0 Å². The lowest BCUT2D eigenvalue weighted by Crippen LogP contribution is -2.40. The maximum Gasteiger partial charge on any atom is 0.308 e. The van der Waals surface area contributed by atoms with E-state index in [1.165, 1.54) is 44.6 Å². The first-order valence-corrected chi connectivity index (χ1v) is 22.7. The Labute approximate surface area is 432 Å². The van der Waals surface area contributed by atoms with Crippen molar-refractivity contribution in [3.63, 3.8) is 0 Å². The van der Waals surface area contributed by atoms with E-state index < -0.39 is 102 Å². The van der Waals surface area contributed by atoms with Crippen molar-refractivity contribution in [1.29, 1.82) is 0 Å². The summed E-state index contributed by atoms with van der Waals surface area (Å²) >= 11 is 0. The number of hydrogen-bond acceptors (Lipinski definition) is 24. The number of rotatable bonds is 15. The van der Waals surface area contributed by atoms with Crippen LogP contribution in [0.25, 0.3) is 0 Å². The van der Waals surface area contributed by atoms with Crippen LogP contribution in [-0.2, 0) is 63.8 Å². The first kappa shape index (κ1) is 56.1. The molecule has 2 heterocycles. The van der Waals surface area contributed by atoms with Gasteiger partial charge in [0.25, 0.3) is 0 Å². The molecule has 4 aromatic rings. The summed E-state index contributed by atoms with van der Waals surface area (Å²) in [6.45, 7) is 10.7. The standard InChI is InChI=1S/C52H50O24/c1-21(53)65-33-17-36(67-23(3)55)44-37(18-33)75-48(32-15-41(71-27(7)59)51(64-12)42(16-32)72-28(8)60)52(74-30(10)62)46(44)45-38(68-24(4)56)20-35(66-22(2)54)34-19-43(73-29(9)61)47(76-49(34)45)31-13-39(69-25(5)57)50(63-11)40(14-31)70-26(6)58/h13-18,20,43,46-48,52H,19H2,1-12H3. The van der Waals surface area contributed by atoms with Crippen LogP contribution in [0.4, 0.5) is 0 Å². The number of carbonyl (C=O) groups excluding carboxylic acids is 10. The number of benzene rings is 4. The van der Waals surface area contributed by atoms with Crippen molar-refractivity contribution in [3.8, 4) is 69.0 Å². The molecule has 402 valence electrons. The Morgan fingerprint density at radius 2 is 0.803 bits per heavy atom. The van der Waals surface area contributed by atoms with Gasteiger partial charge in [-0.3, -0.25) is 47.9 Å². The Balaban J connectivity index is 1.84. The molecule has 5 atom stereocenters. The molecule has 4 aromatic carbocycles. The molecule has 2 aliphatic heterocycles. The third-order valence-corrected chi connectivity index (χ3v) is 10.7. The van der Waals surface area contributed by atoms with Crippen LogP contribution in [0.3, 0.4) is 0 Å². The van der Waals surface area contributed by atoms with Crippen LogP contribution in [0.15, 0.2) is 42.5 Å². The maximum atomic E-state index is 13.6. The molecule has 0 saturated carbocycles. The third kappa shape index (κ3) is 12.9. The van der Waals surface area contributed by atoms with Crippen LogP contribution in [0, 0.1) is 0 Å². The SMILES string of the molecule is COc1c(OC(C)=O)cc(C2Oc3c(c(OC(C)=O)cc(OC(C)=O)c3C3c4c(OC(C)=O)cc(OC(C)=O)cc4OC(c4cc(OC(C)=O)c(OC)c(OC(C)=O)c4)C3OC(C)=O)CC2OC(C)=O)cc1OC(C)=O. The van der Waals surface area contributed by atoms with Crippen molar-refractivity contribution >= 4 is 59.7 Å². The van der Waals surface area contributed by atoms with E-state index in [1.54, 1.807) is 0 Å². The molecule has 0 bridgehead atoms. The minimum absolute atomic E-state index is 0.00859. The summed E-state index contributed by atoms with van der Waals surface area (Å²) in [5.74, 6) is -14.2. The Morgan fingerprint density at radius 3 is 1.21 bits per heavy atom. The quantitative estimate of drug-likeness (QED) is 0.0986. The summed E-state index contributed by atoms with van der Waals surface area (Å²) in [5.41, 5.74) is -0.535. The molecule has 0 aliphatic carbocycles. The lowest BCUT2D eigenvalue weighted by Gasteiger charge is -2.42. The molecule has 0 saturated heterocycles. The predicted octanol–water partition coefficient (Wildman–Crippen LogP) is 5.91. The zero-order valence-electron chi connectivity index (χ0n) is 42.9. The van der Waals surface area contributed by atoms with Crippen molar-refractivity contribution in [2.75, 3.05) is 14.2 Å². The summed E-state index contributed by atoms with van der Waals surface area (Å²) in [5, 5.41) is 0. The molecule has 24 heteroatoms.